The summed E-state index contributed by atoms with van der Waals surface area (Å²) in [6.45, 7) is 2.34. The fraction of sp³-hybridized carbons (Fsp3) is 0.235. The van der Waals surface area contributed by atoms with Crippen LogP contribution in [0.2, 0.25) is 20.1 Å². The zero-order valence-electron chi connectivity index (χ0n) is 12.8. The first-order valence-electron chi connectivity index (χ1n) is 7.20. The predicted octanol–water partition coefficient (Wildman–Crippen LogP) is 6.41. The number of carbonyl (C=O) groups excluding carboxylic acids is 1. The molecule has 1 N–H and O–H groups in total. The third-order valence-electron chi connectivity index (χ3n) is 3.23. The molecule has 0 fully saturated rings. The summed E-state index contributed by atoms with van der Waals surface area (Å²) in [6, 6.07) is 8.43. The van der Waals surface area contributed by atoms with Crippen LogP contribution in [0.4, 0.5) is 5.69 Å². The van der Waals surface area contributed by atoms with Gasteiger partial charge in [0.2, 0.25) is 5.91 Å². The van der Waals surface area contributed by atoms with Gasteiger partial charge in [-0.15, -0.1) is 0 Å². The van der Waals surface area contributed by atoms with Crippen molar-refractivity contribution in [3.05, 3.63) is 56.0 Å². The average molecular weight is 407 g/mol. The van der Waals surface area contributed by atoms with Gasteiger partial charge in [-0.3, -0.25) is 4.79 Å². The summed E-state index contributed by atoms with van der Waals surface area (Å²) < 4.78 is 5.65. The summed E-state index contributed by atoms with van der Waals surface area (Å²) >= 11 is 23.7. The van der Waals surface area contributed by atoms with Crippen molar-refractivity contribution in [1.82, 2.24) is 0 Å². The molecule has 24 heavy (non-hydrogen) atoms. The van der Waals surface area contributed by atoms with Gasteiger partial charge in [0.05, 0.1) is 27.4 Å². The molecule has 0 aromatic heterocycles. The lowest BCUT2D eigenvalue weighted by Gasteiger charge is -2.10. The highest BCUT2D eigenvalue weighted by molar-refractivity contribution is 6.44. The Balaban J connectivity index is 1.80. The minimum atomic E-state index is -0.174. The minimum absolute atomic E-state index is 0.174. The van der Waals surface area contributed by atoms with Crippen molar-refractivity contribution in [3.8, 4) is 5.75 Å². The lowest BCUT2D eigenvalue weighted by Crippen LogP contribution is -2.13. The van der Waals surface area contributed by atoms with E-state index in [0.29, 0.717) is 45.2 Å². The van der Waals surface area contributed by atoms with Crippen LogP contribution < -0.4 is 10.1 Å². The van der Waals surface area contributed by atoms with Crippen molar-refractivity contribution in [2.24, 2.45) is 0 Å². The van der Waals surface area contributed by atoms with E-state index in [9.17, 15) is 4.79 Å². The molecular weight excluding hydrogens is 392 g/mol. The summed E-state index contributed by atoms with van der Waals surface area (Å²) in [5, 5.41) is 4.38. The molecule has 0 spiro atoms. The molecule has 128 valence electrons. The molecule has 0 heterocycles. The second-order valence-electron chi connectivity index (χ2n) is 5.16. The van der Waals surface area contributed by atoms with E-state index in [0.717, 1.165) is 11.3 Å². The molecule has 2 rings (SSSR count). The molecule has 0 saturated carbocycles. The van der Waals surface area contributed by atoms with E-state index in [1.807, 2.05) is 19.1 Å². The number of amides is 1. The summed E-state index contributed by atoms with van der Waals surface area (Å²) in [4.78, 5) is 12.0. The number of rotatable bonds is 6. The SMILES string of the molecule is Cc1cc(Cl)ccc1OCCCC(=O)Nc1cc(Cl)c(Cl)cc1Cl. The van der Waals surface area contributed by atoms with Crippen LogP contribution in [-0.2, 0) is 4.79 Å². The van der Waals surface area contributed by atoms with E-state index in [-0.39, 0.29) is 5.91 Å². The highest BCUT2D eigenvalue weighted by atomic mass is 35.5. The molecule has 0 unspecified atom stereocenters. The van der Waals surface area contributed by atoms with Gasteiger partial charge in [0.15, 0.2) is 0 Å². The number of hydrogen-bond acceptors (Lipinski definition) is 2. The molecule has 0 atom stereocenters. The van der Waals surface area contributed by atoms with E-state index < -0.39 is 0 Å². The average Bonchev–Trinajstić information content (AvgIpc) is 2.51. The largest absolute Gasteiger partial charge is 0.493 e. The van der Waals surface area contributed by atoms with Gasteiger partial charge in [0, 0.05) is 11.4 Å². The fourth-order valence-electron chi connectivity index (χ4n) is 2.02. The van der Waals surface area contributed by atoms with Gasteiger partial charge >= 0.3 is 0 Å². The Bertz CT molecular complexity index is 750. The molecule has 2 aromatic rings. The molecule has 0 aliphatic rings. The second-order valence-corrected chi connectivity index (χ2v) is 6.81. The number of benzene rings is 2. The van der Waals surface area contributed by atoms with Crippen LogP contribution in [0.5, 0.6) is 5.75 Å². The van der Waals surface area contributed by atoms with E-state index in [2.05, 4.69) is 5.32 Å². The van der Waals surface area contributed by atoms with Crippen molar-refractivity contribution in [1.29, 1.82) is 0 Å². The molecule has 0 aliphatic carbocycles. The maximum absolute atomic E-state index is 12.0. The highest BCUT2D eigenvalue weighted by Crippen LogP contribution is 2.32. The molecule has 0 bridgehead atoms. The van der Waals surface area contributed by atoms with Crippen molar-refractivity contribution in [2.75, 3.05) is 11.9 Å². The molecule has 0 radical (unpaired) electrons. The number of halogens is 4. The summed E-state index contributed by atoms with van der Waals surface area (Å²) in [5.41, 5.74) is 1.39. The summed E-state index contributed by atoms with van der Waals surface area (Å²) in [6.07, 6.45) is 0.857. The van der Waals surface area contributed by atoms with E-state index >= 15 is 0 Å². The molecule has 0 saturated heterocycles. The molecule has 0 aliphatic heterocycles. The number of carbonyl (C=O) groups is 1. The molecule has 7 heteroatoms. The lowest BCUT2D eigenvalue weighted by molar-refractivity contribution is -0.116. The van der Waals surface area contributed by atoms with Crippen LogP contribution in [0.1, 0.15) is 18.4 Å². The van der Waals surface area contributed by atoms with Crippen molar-refractivity contribution >= 4 is 58.0 Å². The Labute approximate surface area is 160 Å². The Kier molecular flexibility index (Phi) is 7.05. The highest BCUT2D eigenvalue weighted by Gasteiger charge is 2.09. The van der Waals surface area contributed by atoms with Gasteiger partial charge in [-0.25, -0.2) is 0 Å². The number of hydrogen-bond donors (Lipinski definition) is 1. The van der Waals surface area contributed by atoms with Gasteiger partial charge in [0.1, 0.15) is 5.75 Å². The third-order valence-corrected chi connectivity index (χ3v) is 4.50. The van der Waals surface area contributed by atoms with Gasteiger partial charge in [-0.1, -0.05) is 46.4 Å². The first-order chi connectivity index (χ1) is 11.4. The standard InChI is InChI=1S/C17H15Cl4NO2/c1-10-7-11(18)4-5-16(10)24-6-2-3-17(23)22-15-9-13(20)12(19)8-14(15)21/h4-5,7-9H,2-3,6H2,1H3,(H,22,23). The number of nitrogens with one attached hydrogen (secondary N) is 1. The Morgan fingerprint density at radius 2 is 1.75 bits per heavy atom. The molecule has 1 amide bonds. The quantitative estimate of drug-likeness (QED) is 0.444. The molecular formula is C17H15Cl4NO2. The normalized spacial score (nSPS) is 10.5. The number of ether oxygens (including phenoxy) is 1. The maximum atomic E-state index is 12.0. The van der Waals surface area contributed by atoms with E-state index in [1.54, 1.807) is 6.07 Å². The molecule has 2 aromatic carbocycles. The van der Waals surface area contributed by atoms with Crippen LogP contribution in [0.25, 0.3) is 0 Å². The topological polar surface area (TPSA) is 38.3 Å². The van der Waals surface area contributed by atoms with Gasteiger partial charge in [-0.05, 0) is 49.2 Å². The summed E-state index contributed by atoms with van der Waals surface area (Å²) in [5.74, 6) is 0.582. The monoisotopic (exact) mass is 405 g/mol. The Morgan fingerprint density at radius 1 is 1.04 bits per heavy atom. The first kappa shape index (κ1) is 19.2. The van der Waals surface area contributed by atoms with E-state index in [1.165, 1.54) is 12.1 Å². The summed E-state index contributed by atoms with van der Waals surface area (Å²) in [7, 11) is 0. The van der Waals surface area contributed by atoms with Crippen LogP contribution in [0.3, 0.4) is 0 Å². The van der Waals surface area contributed by atoms with Crippen LogP contribution >= 0.6 is 46.4 Å². The van der Waals surface area contributed by atoms with Gasteiger partial charge < -0.3 is 10.1 Å². The smallest absolute Gasteiger partial charge is 0.224 e. The minimum Gasteiger partial charge on any atom is -0.493 e. The number of aryl methyl sites for hydroxylation is 1. The zero-order chi connectivity index (χ0) is 17.7. The third kappa shape index (κ3) is 5.45. The lowest BCUT2D eigenvalue weighted by atomic mass is 10.2. The van der Waals surface area contributed by atoms with E-state index in [4.69, 9.17) is 51.1 Å². The van der Waals surface area contributed by atoms with Crippen molar-refractivity contribution < 1.29 is 9.53 Å². The second kappa shape index (κ2) is 8.82. The fourth-order valence-corrected chi connectivity index (χ4v) is 2.84. The van der Waals surface area contributed by atoms with Gasteiger partial charge in [0.25, 0.3) is 0 Å². The van der Waals surface area contributed by atoms with Gasteiger partial charge in [-0.2, -0.15) is 0 Å². The molecule has 3 nitrogen and oxygen atoms in total. The Hall–Kier alpha value is -1.13. The number of anilines is 1. The van der Waals surface area contributed by atoms with Crippen LogP contribution in [0, 0.1) is 6.92 Å². The van der Waals surface area contributed by atoms with Crippen LogP contribution in [-0.4, -0.2) is 12.5 Å². The van der Waals surface area contributed by atoms with Crippen molar-refractivity contribution in [3.63, 3.8) is 0 Å². The zero-order valence-corrected chi connectivity index (χ0v) is 15.9. The van der Waals surface area contributed by atoms with Crippen molar-refractivity contribution in [2.45, 2.75) is 19.8 Å². The predicted molar refractivity (Wildman–Crippen MR) is 101 cm³/mol. The first-order valence-corrected chi connectivity index (χ1v) is 8.71. The van der Waals surface area contributed by atoms with Crippen LogP contribution in [0.15, 0.2) is 30.3 Å². The Morgan fingerprint density at radius 3 is 2.46 bits per heavy atom. The maximum Gasteiger partial charge on any atom is 0.224 e.